The van der Waals surface area contributed by atoms with Crippen molar-refractivity contribution in [2.45, 2.75) is 91.1 Å². The summed E-state index contributed by atoms with van der Waals surface area (Å²) in [5.41, 5.74) is 0.383. The van der Waals surface area contributed by atoms with E-state index in [0.29, 0.717) is 11.6 Å². The summed E-state index contributed by atoms with van der Waals surface area (Å²) in [6, 6.07) is 0.655. The predicted octanol–water partition coefficient (Wildman–Crippen LogP) is 4.45. The topological polar surface area (TPSA) is 15.3 Å². The molecule has 0 bridgehead atoms. The van der Waals surface area contributed by atoms with E-state index in [9.17, 15) is 0 Å². The first-order valence-electron chi connectivity index (χ1n) is 9.12. The van der Waals surface area contributed by atoms with Crippen LogP contribution in [0.15, 0.2) is 0 Å². The van der Waals surface area contributed by atoms with E-state index in [4.69, 9.17) is 0 Å². The molecule has 1 aliphatic heterocycles. The summed E-state index contributed by atoms with van der Waals surface area (Å²) < 4.78 is 0. The van der Waals surface area contributed by atoms with Crippen molar-refractivity contribution < 1.29 is 0 Å². The zero-order chi connectivity index (χ0) is 15.0. The number of likely N-dealkylation sites (tertiary alicyclic amines) is 1. The van der Waals surface area contributed by atoms with Gasteiger partial charge in [0.05, 0.1) is 0 Å². The summed E-state index contributed by atoms with van der Waals surface area (Å²) in [7, 11) is 0. The van der Waals surface area contributed by atoms with Crippen LogP contribution in [-0.4, -0.2) is 36.1 Å². The number of nitrogens with one attached hydrogen (secondary N) is 1. The van der Waals surface area contributed by atoms with Gasteiger partial charge in [0.2, 0.25) is 0 Å². The van der Waals surface area contributed by atoms with Crippen LogP contribution in [0.25, 0.3) is 0 Å². The lowest BCUT2D eigenvalue weighted by molar-refractivity contribution is 0.0528. The second-order valence-corrected chi connectivity index (χ2v) is 6.74. The van der Waals surface area contributed by atoms with Gasteiger partial charge in [-0.05, 0) is 57.7 Å². The third kappa shape index (κ3) is 4.21. The Balaban J connectivity index is 2.85. The van der Waals surface area contributed by atoms with Crippen molar-refractivity contribution in [3.8, 4) is 0 Å². The van der Waals surface area contributed by atoms with Crippen LogP contribution in [0.1, 0.15) is 79.6 Å². The van der Waals surface area contributed by atoms with Crippen LogP contribution in [0.5, 0.6) is 0 Å². The van der Waals surface area contributed by atoms with Crippen molar-refractivity contribution in [2.75, 3.05) is 19.6 Å². The maximum atomic E-state index is 3.85. The van der Waals surface area contributed by atoms with Crippen LogP contribution in [0.3, 0.4) is 0 Å². The van der Waals surface area contributed by atoms with Gasteiger partial charge in [0.15, 0.2) is 0 Å². The molecule has 1 fully saturated rings. The van der Waals surface area contributed by atoms with E-state index < -0.39 is 0 Å². The molecule has 20 heavy (non-hydrogen) atoms. The average Bonchev–Trinajstić information content (AvgIpc) is 2.96. The summed E-state index contributed by atoms with van der Waals surface area (Å²) in [5, 5.41) is 3.85. The summed E-state index contributed by atoms with van der Waals surface area (Å²) in [6.07, 6.45) is 9.36. The molecule has 0 aromatic heterocycles. The van der Waals surface area contributed by atoms with Crippen LogP contribution >= 0.6 is 0 Å². The number of hydrogen-bond acceptors (Lipinski definition) is 2. The molecular weight excluding hydrogens is 244 g/mol. The fourth-order valence-electron chi connectivity index (χ4n) is 4.32. The van der Waals surface area contributed by atoms with E-state index in [-0.39, 0.29) is 0 Å². The van der Waals surface area contributed by atoms with Gasteiger partial charge in [0, 0.05) is 11.6 Å². The lowest BCUT2D eigenvalue weighted by Gasteiger charge is -2.48. The van der Waals surface area contributed by atoms with Crippen LogP contribution in [0.4, 0.5) is 0 Å². The molecule has 1 saturated heterocycles. The van der Waals surface area contributed by atoms with Gasteiger partial charge in [-0.3, -0.25) is 4.90 Å². The maximum Gasteiger partial charge on any atom is 0.0357 e. The Hall–Kier alpha value is -0.0800. The molecule has 2 heteroatoms. The highest BCUT2D eigenvalue weighted by Crippen LogP contribution is 2.34. The van der Waals surface area contributed by atoms with Gasteiger partial charge in [-0.15, -0.1) is 0 Å². The molecule has 120 valence electrons. The van der Waals surface area contributed by atoms with Crippen LogP contribution in [0, 0.1) is 5.92 Å². The van der Waals surface area contributed by atoms with E-state index in [2.05, 4.69) is 44.8 Å². The van der Waals surface area contributed by atoms with Crippen LogP contribution in [-0.2, 0) is 0 Å². The van der Waals surface area contributed by atoms with E-state index in [1.165, 1.54) is 58.0 Å². The monoisotopic (exact) mass is 282 g/mol. The van der Waals surface area contributed by atoms with E-state index in [1.54, 1.807) is 0 Å². The molecule has 1 N–H and O–H groups in total. The zero-order valence-corrected chi connectivity index (χ0v) is 14.7. The third-order valence-electron chi connectivity index (χ3n) is 5.48. The molecule has 1 aliphatic rings. The number of rotatable bonds is 10. The fraction of sp³-hybridized carbons (Fsp3) is 1.00. The largest absolute Gasteiger partial charge is 0.312 e. The second kappa shape index (κ2) is 9.04. The maximum absolute atomic E-state index is 3.85. The van der Waals surface area contributed by atoms with Gasteiger partial charge in [-0.25, -0.2) is 0 Å². The lowest BCUT2D eigenvalue weighted by atomic mass is 9.78. The van der Waals surface area contributed by atoms with Crippen molar-refractivity contribution in [1.29, 1.82) is 0 Å². The van der Waals surface area contributed by atoms with Gasteiger partial charge in [-0.1, -0.05) is 47.5 Å². The Labute approximate surface area is 127 Å². The normalized spacial score (nSPS) is 20.2. The van der Waals surface area contributed by atoms with Crippen molar-refractivity contribution in [3.63, 3.8) is 0 Å². The number of hydrogen-bond donors (Lipinski definition) is 1. The molecule has 1 heterocycles. The summed E-state index contributed by atoms with van der Waals surface area (Å²) in [4.78, 5) is 2.80. The summed E-state index contributed by atoms with van der Waals surface area (Å²) in [5.74, 6) is 0.837. The van der Waals surface area contributed by atoms with E-state index in [1.807, 2.05) is 0 Å². The second-order valence-electron chi connectivity index (χ2n) is 6.74. The Bertz CT molecular complexity index is 242. The van der Waals surface area contributed by atoms with Gasteiger partial charge in [0.25, 0.3) is 0 Å². The van der Waals surface area contributed by atoms with Crippen LogP contribution in [0.2, 0.25) is 0 Å². The highest BCUT2D eigenvalue weighted by Gasteiger charge is 2.41. The van der Waals surface area contributed by atoms with Crippen molar-refractivity contribution in [1.82, 2.24) is 10.2 Å². The first kappa shape index (κ1) is 18.0. The zero-order valence-electron chi connectivity index (χ0n) is 14.7. The highest BCUT2D eigenvalue weighted by molar-refractivity contribution is 5.00. The van der Waals surface area contributed by atoms with Crippen molar-refractivity contribution in [2.24, 2.45) is 5.92 Å². The summed E-state index contributed by atoms with van der Waals surface area (Å²) in [6.45, 7) is 15.5. The molecule has 0 aromatic rings. The smallest absolute Gasteiger partial charge is 0.0357 e. The van der Waals surface area contributed by atoms with E-state index >= 15 is 0 Å². The Morgan fingerprint density at radius 1 is 1.05 bits per heavy atom. The standard InChI is InChI=1S/C18H38N2/c1-6-12-16(5)15-17(19-9-4)18(7-2,8-3)20-13-10-11-14-20/h16-17,19H,6-15H2,1-5H3. The minimum absolute atomic E-state index is 0.383. The molecule has 0 aliphatic carbocycles. The molecular formula is C18H38N2. The number of nitrogens with zero attached hydrogens (tertiary/aromatic N) is 1. The van der Waals surface area contributed by atoms with Gasteiger partial charge in [0.1, 0.15) is 0 Å². The fourth-order valence-corrected chi connectivity index (χ4v) is 4.32. The van der Waals surface area contributed by atoms with Gasteiger partial charge in [-0.2, -0.15) is 0 Å². The third-order valence-corrected chi connectivity index (χ3v) is 5.48. The molecule has 0 radical (unpaired) electrons. The SMILES string of the molecule is CCCC(C)CC(NCC)C(CC)(CC)N1CCCC1. The lowest BCUT2D eigenvalue weighted by Crippen LogP contribution is -2.60. The molecule has 2 unspecified atom stereocenters. The molecule has 2 nitrogen and oxygen atoms in total. The van der Waals surface area contributed by atoms with Gasteiger partial charge >= 0.3 is 0 Å². The van der Waals surface area contributed by atoms with Crippen LogP contribution < -0.4 is 5.32 Å². The number of likely N-dealkylation sites (N-methyl/N-ethyl adjacent to an activating group) is 1. The molecule has 2 atom stereocenters. The van der Waals surface area contributed by atoms with E-state index in [0.717, 1.165) is 12.5 Å². The van der Waals surface area contributed by atoms with Crippen molar-refractivity contribution >= 4 is 0 Å². The summed E-state index contributed by atoms with van der Waals surface area (Å²) >= 11 is 0. The molecule has 0 aromatic carbocycles. The van der Waals surface area contributed by atoms with Crippen molar-refractivity contribution in [3.05, 3.63) is 0 Å². The highest BCUT2D eigenvalue weighted by atomic mass is 15.2. The average molecular weight is 283 g/mol. The molecule has 1 rings (SSSR count). The first-order valence-corrected chi connectivity index (χ1v) is 9.12. The predicted molar refractivity (Wildman–Crippen MR) is 90.3 cm³/mol. The Morgan fingerprint density at radius 3 is 2.10 bits per heavy atom. The minimum atomic E-state index is 0.383. The van der Waals surface area contributed by atoms with Gasteiger partial charge < -0.3 is 5.32 Å². The molecule has 0 spiro atoms. The first-order chi connectivity index (χ1) is 9.64. The molecule has 0 amide bonds. The Kier molecular flexibility index (Phi) is 8.13. The Morgan fingerprint density at radius 2 is 1.65 bits per heavy atom. The quantitative estimate of drug-likeness (QED) is 0.637. The minimum Gasteiger partial charge on any atom is -0.312 e. The molecule has 0 saturated carbocycles.